The lowest BCUT2D eigenvalue weighted by Gasteiger charge is -2.38. The summed E-state index contributed by atoms with van der Waals surface area (Å²) >= 11 is 0. The van der Waals surface area contributed by atoms with Crippen LogP contribution in [0.5, 0.6) is 0 Å². The minimum atomic E-state index is 0.543. The van der Waals surface area contributed by atoms with Gasteiger partial charge in [-0.15, -0.1) is 0 Å². The first-order chi connectivity index (χ1) is 9.36. The zero-order chi connectivity index (χ0) is 13.5. The first-order valence-corrected chi connectivity index (χ1v) is 7.91. The van der Waals surface area contributed by atoms with Gasteiger partial charge in [0.15, 0.2) is 0 Å². The molecule has 0 fully saturated rings. The lowest BCUT2D eigenvalue weighted by Crippen LogP contribution is -2.44. The zero-order valence-electron chi connectivity index (χ0n) is 12.3. The van der Waals surface area contributed by atoms with E-state index in [9.17, 15) is 0 Å². The molecule has 0 bridgehead atoms. The van der Waals surface area contributed by atoms with Gasteiger partial charge in [-0.25, -0.2) is 0 Å². The Morgan fingerprint density at radius 3 is 2.74 bits per heavy atom. The molecule has 0 spiro atoms. The van der Waals surface area contributed by atoms with Gasteiger partial charge in [0.1, 0.15) is 0 Å². The fourth-order valence-electron chi connectivity index (χ4n) is 3.11. The molecular formula is C17H28N2. The minimum absolute atomic E-state index is 0.543. The largest absolute Gasteiger partial charge is 0.367 e. The molecule has 1 unspecified atom stereocenters. The molecule has 1 heterocycles. The third kappa shape index (κ3) is 3.73. The lowest BCUT2D eigenvalue weighted by atomic mass is 9.95. The number of rotatable bonds is 7. The molecule has 1 aliphatic rings. The maximum Gasteiger partial charge on any atom is 0.0415 e. The SMILES string of the molecule is CCCCCCCN1c2ccccc2CCC1CN. The number of hydrogen-bond donors (Lipinski definition) is 1. The van der Waals surface area contributed by atoms with Gasteiger partial charge in [-0.3, -0.25) is 0 Å². The molecule has 1 atom stereocenters. The highest BCUT2D eigenvalue weighted by Crippen LogP contribution is 2.30. The van der Waals surface area contributed by atoms with Gasteiger partial charge in [0.05, 0.1) is 0 Å². The maximum atomic E-state index is 5.96. The van der Waals surface area contributed by atoms with Crippen molar-refractivity contribution in [2.45, 2.75) is 57.9 Å². The number of hydrogen-bond acceptors (Lipinski definition) is 2. The number of unbranched alkanes of at least 4 members (excludes halogenated alkanes) is 4. The Kier molecular flexibility index (Phi) is 5.71. The summed E-state index contributed by atoms with van der Waals surface area (Å²) in [5.74, 6) is 0. The van der Waals surface area contributed by atoms with Crippen LogP contribution in [-0.4, -0.2) is 19.1 Å². The van der Waals surface area contributed by atoms with Crippen LogP contribution >= 0.6 is 0 Å². The fourth-order valence-corrected chi connectivity index (χ4v) is 3.11. The third-order valence-corrected chi connectivity index (χ3v) is 4.26. The van der Waals surface area contributed by atoms with Crippen LogP contribution in [0.15, 0.2) is 24.3 Å². The molecule has 1 aromatic carbocycles. The molecule has 0 aromatic heterocycles. The van der Waals surface area contributed by atoms with Gasteiger partial charge in [-0.1, -0.05) is 50.8 Å². The zero-order valence-corrected chi connectivity index (χ0v) is 12.3. The Morgan fingerprint density at radius 1 is 1.16 bits per heavy atom. The van der Waals surface area contributed by atoms with Crippen LogP contribution in [-0.2, 0) is 6.42 Å². The van der Waals surface area contributed by atoms with E-state index in [2.05, 4.69) is 36.1 Å². The monoisotopic (exact) mass is 260 g/mol. The summed E-state index contributed by atoms with van der Waals surface area (Å²) in [6.45, 7) is 4.22. The standard InChI is InChI=1S/C17H28N2/c1-2-3-4-5-8-13-19-16(14-18)12-11-15-9-6-7-10-17(15)19/h6-7,9-10,16H,2-5,8,11-14,18H2,1H3. The molecule has 106 valence electrons. The Hall–Kier alpha value is -1.02. The summed E-state index contributed by atoms with van der Waals surface area (Å²) in [7, 11) is 0. The highest BCUT2D eigenvalue weighted by Gasteiger charge is 2.24. The highest BCUT2D eigenvalue weighted by molar-refractivity contribution is 5.56. The third-order valence-electron chi connectivity index (χ3n) is 4.26. The van der Waals surface area contributed by atoms with E-state index in [1.54, 1.807) is 0 Å². The first-order valence-electron chi connectivity index (χ1n) is 7.91. The molecule has 1 aliphatic heterocycles. The molecule has 0 saturated heterocycles. The average molecular weight is 260 g/mol. The van der Waals surface area contributed by atoms with Crippen molar-refractivity contribution in [3.8, 4) is 0 Å². The maximum absolute atomic E-state index is 5.96. The molecule has 2 heteroatoms. The summed E-state index contributed by atoms with van der Waals surface area (Å²) < 4.78 is 0. The van der Waals surface area contributed by atoms with Crippen LogP contribution in [0.1, 0.15) is 51.0 Å². The molecule has 0 aliphatic carbocycles. The summed E-state index contributed by atoms with van der Waals surface area (Å²) in [6.07, 6.45) is 9.11. The van der Waals surface area contributed by atoms with E-state index in [4.69, 9.17) is 5.73 Å². The molecule has 2 nitrogen and oxygen atoms in total. The van der Waals surface area contributed by atoms with E-state index in [1.165, 1.54) is 62.7 Å². The number of nitrogens with two attached hydrogens (primary N) is 1. The van der Waals surface area contributed by atoms with E-state index in [1.807, 2.05) is 0 Å². The van der Waals surface area contributed by atoms with Gasteiger partial charge in [0.25, 0.3) is 0 Å². The van der Waals surface area contributed by atoms with Crippen LogP contribution in [0.2, 0.25) is 0 Å². The van der Waals surface area contributed by atoms with Crippen molar-refractivity contribution in [3.63, 3.8) is 0 Å². The summed E-state index contributed by atoms with van der Waals surface area (Å²) in [6, 6.07) is 9.39. The number of aryl methyl sites for hydroxylation is 1. The van der Waals surface area contributed by atoms with Crippen molar-refractivity contribution in [1.82, 2.24) is 0 Å². The highest BCUT2D eigenvalue weighted by atomic mass is 15.2. The number of anilines is 1. The normalized spacial score (nSPS) is 18.4. The topological polar surface area (TPSA) is 29.3 Å². The van der Waals surface area contributed by atoms with Crippen molar-refractivity contribution >= 4 is 5.69 Å². The van der Waals surface area contributed by atoms with Crippen LogP contribution in [0.3, 0.4) is 0 Å². The van der Waals surface area contributed by atoms with Gasteiger partial charge in [-0.2, -0.15) is 0 Å². The number of para-hydroxylation sites is 1. The van der Waals surface area contributed by atoms with E-state index >= 15 is 0 Å². The van der Waals surface area contributed by atoms with Gasteiger partial charge in [-0.05, 0) is 30.9 Å². The van der Waals surface area contributed by atoms with E-state index < -0.39 is 0 Å². The van der Waals surface area contributed by atoms with Crippen molar-refractivity contribution in [1.29, 1.82) is 0 Å². The second-order valence-corrected chi connectivity index (χ2v) is 5.66. The second kappa shape index (κ2) is 7.54. The molecule has 0 amide bonds. The lowest BCUT2D eigenvalue weighted by molar-refractivity contribution is 0.513. The Labute approximate surface area is 118 Å². The molecule has 0 saturated carbocycles. The van der Waals surface area contributed by atoms with E-state index in [0.29, 0.717) is 6.04 Å². The quantitative estimate of drug-likeness (QED) is 0.757. The van der Waals surface area contributed by atoms with E-state index in [-0.39, 0.29) is 0 Å². The predicted octanol–water partition coefficient (Wildman–Crippen LogP) is 3.74. The minimum Gasteiger partial charge on any atom is -0.367 e. The van der Waals surface area contributed by atoms with Crippen molar-refractivity contribution in [2.24, 2.45) is 5.73 Å². The van der Waals surface area contributed by atoms with Crippen LogP contribution < -0.4 is 10.6 Å². The van der Waals surface area contributed by atoms with Gasteiger partial charge < -0.3 is 10.6 Å². The van der Waals surface area contributed by atoms with Crippen molar-refractivity contribution in [3.05, 3.63) is 29.8 Å². The molecule has 1 aromatic rings. The van der Waals surface area contributed by atoms with Gasteiger partial charge in [0, 0.05) is 24.8 Å². The molecule has 0 radical (unpaired) electrons. The van der Waals surface area contributed by atoms with Crippen LogP contribution in [0.4, 0.5) is 5.69 Å². The summed E-state index contributed by atoms with van der Waals surface area (Å²) in [5, 5.41) is 0. The molecular weight excluding hydrogens is 232 g/mol. The smallest absolute Gasteiger partial charge is 0.0415 e. The molecule has 2 rings (SSSR count). The van der Waals surface area contributed by atoms with Crippen molar-refractivity contribution in [2.75, 3.05) is 18.0 Å². The van der Waals surface area contributed by atoms with Crippen molar-refractivity contribution < 1.29 is 0 Å². The molecule has 19 heavy (non-hydrogen) atoms. The van der Waals surface area contributed by atoms with Gasteiger partial charge in [0.2, 0.25) is 0 Å². The Balaban J connectivity index is 1.95. The first kappa shape index (κ1) is 14.4. The van der Waals surface area contributed by atoms with Crippen LogP contribution in [0.25, 0.3) is 0 Å². The molecule has 2 N–H and O–H groups in total. The fraction of sp³-hybridized carbons (Fsp3) is 0.647. The van der Waals surface area contributed by atoms with Gasteiger partial charge >= 0.3 is 0 Å². The summed E-state index contributed by atoms with van der Waals surface area (Å²) in [5.41, 5.74) is 8.89. The Bertz CT molecular complexity index is 375. The Morgan fingerprint density at radius 2 is 1.95 bits per heavy atom. The summed E-state index contributed by atoms with van der Waals surface area (Å²) in [4.78, 5) is 2.56. The van der Waals surface area contributed by atoms with E-state index in [0.717, 1.165) is 6.54 Å². The average Bonchev–Trinajstić information content (AvgIpc) is 2.47. The number of nitrogens with zero attached hydrogens (tertiary/aromatic N) is 1. The second-order valence-electron chi connectivity index (χ2n) is 5.66. The number of fused-ring (bicyclic) bond motifs is 1. The van der Waals surface area contributed by atoms with Crippen LogP contribution in [0, 0.1) is 0 Å². The number of benzene rings is 1. The predicted molar refractivity (Wildman–Crippen MR) is 83.7 cm³/mol.